The molecule has 0 bridgehead atoms. The van der Waals surface area contributed by atoms with Crippen LogP contribution < -0.4 is 0 Å². The quantitative estimate of drug-likeness (QED) is 0.667. The first-order valence-electron chi connectivity index (χ1n) is 5.96. The molecule has 22 heavy (non-hydrogen) atoms. The fourth-order valence-electron chi connectivity index (χ4n) is 1.97. The van der Waals surface area contributed by atoms with E-state index in [9.17, 15) is 26.0 Å². The van der Waals surface area contributed by atoms with Crippen molar-refractivity contribution in [2.24, 2.45) is 0 Å². The lowest BCUT2D eigenvalue weighted by molar-refractivity contribution is -0.134. The van der Waals surface area contributed by atoms with E-state index in [1.54, 1.807) is 0 Å². The molecule has 0 radical (unpaired) electrons. The van der Waals surface area contributed by atoms with Crippen molar-refractivity contribution in [2.75, 3.05) is 5.75 Å². The minimum absolute atomic E-state index is 0.181. The van der Waals surface area contributed by atoms with Crippen LogP contribution in [0.4, 0.5) is 17.6 Å². The molecule has 0 aliphatic rings. The summed E-state index contributed by atoms with van der Waals surface area (Å²) < 4.78 is 82.3. The second-order valence-corrected chi connectivity index (χ2v) is 6.95. The van der Waals surface area contributed by atoms with Gasteiger partial charge in [-0.2, -0.15) is 21.6 Å². The first kappa shape index (κ1) is 16.9. The molecule has 1 heterocycles. The highest BCUT2D eigenvalue weighted by Crippen LogP contribution is 2.42. The molecular formula is C13H10F4O3S2. The van der Waals surface area contributed by atoms with Crippen LogP contribution in [-0.2, 0) is 22.7 Å². The highest BCUT2D eigenvalue weighted by Gasteiger charge is 2.36. The molecule has 0 fully saturated rings. The van der Waals surface area contributed by atoms with E-state index in [-0.39, 0.29) is 11.1 Å². The van der Waals surface area contributed by atoms with E-state index in [0.717, 1.165) is 12.1 Å². The zero-order valence-corrected chi connectivity index (χ0v) is 12.5. The Balaban J connectivity index is 2.50. The number of alkyl halides is 3. The van der Waals surface area contributed by atoms with Gasteiger partial charge in [-0.1, -0.05) is 12.1 Å². The van der Waals surface area contributed by atoms with Gasteiger partial charge in [0.05, 0.1) is 5.75 Å². The van der Waals surface area contributed by atoms with Gasteiger partial charge in [-0.15, -0.1) is 11.3 Å². The lowest BCUT2D eigenvalue weighted by Gasteiger charge is -2.10. The Morgan fingerprint density at radius 1 is 1.14 bits per heavy atom. The second kappa shape index (κ2) is 5.98. The van der Waals surface area contributed by atoms with E-state index in [0.29, 0.717) is 16.9 Å². The van der Waals surface area contributed by atoms with Crippen LogP contribution in [0.1, 0.15) is 10.4 Å². The molecule has 0 amide bonds. The van der Waals surface area contributed by atoms with Crippen LogP contribution in [0.3, 0.4) is 0 Å². The van der Waals surface area contributed by atoms with Gasteiger partial charge in [-0.25, -0.2) is 4.39 Å². The lowest BCUT2D eigenvalue weighted by atomic mass is 10.0. The number of thiophene rings is 1. The Morgan fingerprint density at radius 2 is 1.73 bits per heavy atom. The predicted octanol–water partition coefficient (Wildman–Crippen LogP) is 4.00. The van der Waals surface area contributed by atoms with Crippen LogP contribution in [0.5, 0.6) is 0 Å². The van der Waals surface area contributed by atoms with Crippen molar-refractivity contribution >= 4 is 21.5 Å². The molecule has 0 aliphatic heterocycles. The molecule has 0 spiro atoms. The standard InChI is InChI=1S/C13H10F4O3S2/c14-9-3-1-8(2-4-9)11-7-21-12(13(15,16)17)10(11)5-6-22(18,19)20/h1-4,7H,5-6H2,(H,18,19,20). The zero-order valence-electron chi connectivity index (χ0n) is 10.9. The van der Waals surface area contributed by atoms with Gasteiger partial charge in [0, 0.05) is 0 Å². The van der Waals surface area contributed by atoms with E-state index >= 15 is 0 Å². The van der Waals surface area contributed by atoms with Crippen LogP contribution in [-0.4, -0.2) is 18.7 Å². The number of halogens is 4. The van der Waals surface area contributed by atoms with Gasteiger partial charge in [0.15, 0.2) is 0 Å². The molecule has 1 aromatic carbocycles. The van der Waals surface area contributed by atoms with E-state index in [1.165, 1.54) is 17.5 Å². The van der Waals surface area contributed by atoms with E-state index in [4.69, 9.17) is 4.55 Å². The van der Waals surface area contributed by atoms with Crippen LogP contribution in [0.15, 0.2) is 29.6 Å². The monoisotopic (exact) mass is 354 g/mol. The normalized spacial score (nSPS) is 12.6. The maximum atomic E-state index is 13.0. The van der Waals surface area contributed by atoms with Crippen LogP contribution in [0, 0.1) is 5.82 Å². The Bertz CT molecular complexity index is 762. The van der Waals surface area contributed by atoms with Crippen molar-refractivity contribution in [1.82, 2.24) is 0 Å². The molecule has 9 heteroatoms. The molecule has 0 saturated heterocycles. The van der Waals surface area contributed by atoms with Gasteiger partial charge < -0.3 is 0 Å². The topological polar surface area (TPSA) is 54.4 Å². The van der Waals surface area contributed by atoms with Crippen LogP contribution >= 0.6 is 11.3 Å². The first-order valence-corrected chi connectivity index (χ1v) is 8.45. The number of hydrogen-bond donors (Lipinski definition) is 1. The molecule has 2 aromatic rings. The summed E-state index contributed by atoms with van der Waals surface area (Å²) in [6.45, 7) is 0. The third kappa shape index (κ3) is 4.05. The minimum Gasteiger partial charge on any atom is -0.286 e. The summed E-state index contributed by atoms with van der Waals surface area (Å²) in [5, 5.41) is 1.25. The SMILES string of the molecule is O=S(=O)(O)CCc1c(-c2ccc(F)cc2)csc1C(F)(F)F. The third-order valence-electron chi connectivity index (χ3n) is 2.92. The predicted molar refractivity (Wildman–Crippen MR) is 74.8 cm³/mol. The summed E-state index contributed by atoms with van der Waals surface area (Å²) >= 11 is 0.438. The number of benzene rings is 1. The molecule has 0 aliphatic carbocycles. The van der Waals surface area contributed by atoms with Gasteiger partial charge in [-0.3, -0.25) is 4.55 Å². The summed E-state index contributed by atoms with van der Waals surface area (Å²) in [6, 6.07) is 4.84. The summed E-state index contributed by atoms with van der Waals surface area (Å²) in [5.74, 6) is -1.35. The molecule has 120 valence electrons. The van der Waals surface area contributed by atoms with Crippen molar-refractivity contribution in [3.05, 3.63) is 45.9 Å². The molecular weight excluding hydrogens is 344 g/mol. The zero-order chi connectivity index (χ0) is 16.5. The Morgan fingerprint density at radius 3 is 2.23 bits per heavy atom. The summed E-state index contributed by atoms with van der Waals surface area (Å²) in [5.41, 5.74) is 0.307. The maximum Gasteiger partial charge on any atom is 0.425 e. The van der Waals surface area contributed by atoms with E-state index in [2.05, 4.69) is 0 Å². The van der Waals surface area contributed by atoms with Gasteiger partial charge in [0.25, 0.3) is 10.1 Å². The van der Waals surface area contributed by atoms with E-state index < -0.39 is 39.2 Å². The van der Waals surface area contributed by atoms with Crippen molar-refractivity contribution in [3.63, 3.8) is 0 Å². The molecule has 0 atom stereocenters. The highest BCUT2D eigenvalue weighted by molar-refractivity contribution is 7.85. The molecule has 2 rings (SSSR count). The van der Waals surface area contributed by atoms with Gasteiger partial charge in [-0.05, 0) is 40.6 Å². The Hall–Kier alpha value is -1.45. The fourth-order valence-corrected chi connectivity index (χ4v) is 3.44. The average Bonchev–Trinajstić information content (AvgIpc) is 2.80. The third-order valence-corrected chi connectivity index (χ3v) is 4.70. The Kier molecular flexibility index (Phi) is 4.59. The minimum atomic E-state index is -4.63. The van der Waals surface area contributed by atoms with Crippen molar-refractivity contribution in [3.8, 4) is 11.1 Å². The molecule has 0 unspecified atom stereocenters. The molecule has 1 N–H and O–H groups in total. The smallest absolute Gasteiger partial charge is 0.286 e. The lowest BCUT2D eigenvalue weighted by Crippen LogP contribution is -2.11. The highest BCUT2D eigenvalue weighted by atomic mass is 32.2. The summed E-state index contributed by atoms with van der Waals surface area (Å²) in [6.07, 6.45) is -5.11. The van der Waals surface area contributed by atoms with Crippen molar-refractivity contribution in [2.45, 2.75) is 12.6 Å². The van der Waals surface area contributed by atoms with Gasteiger partial charge >= 0.3 is 6.18 Å². The second-order valence-electron chi connectivity index (χ2n) is 4.50. The van der Waals surface area contributed by atoms with E-state index in [1.807, 2.05) is 0 Å². The van der Waals surface area contributed by atoms with Crippen molar-refractivity contribution < 1.29 is 30.5 Å². The van der Waals surface area contributed by atoms with Crippen LogP contribution in [0.25, 0.3) is 11.1 Å². The average molecular weight is 354 g/mol. The molecule has 1 aromatic heterocycles. The summed E-state index contributed by atoms with van der Waals surface area (Å²) in [7, 11) is -4.39. The van der Waals surface area contributed by atoms with Gasteiger partial charge in [0.1, 0.15) is 10.7 Å². The molecule has 3 nitrogen and oxygen atoms in total. The largest absolute Gasteiger partial charge is 0.425 e. The number of hydrogen-bond acceptors (Lipinski definition) is 3. The van der Waals surface area contributed by atoms with Crippen LogP contribution in [0.2, 0.25) is 0 Å². The Labute approximate surface area is 128 Å². The van der Waals surface area contributed by atoms with Crippen molar-refractivity contribution in [1.29, 1.82) is 0 Å². The van der Waals surface area contributed by atoms with Gasteiger partial charge in [0.2, 0.25) is 0 Å². The first-order chi connectivity index (χ1) is 10.1. The molecule has 0 saturated carbocycles. The summed E-state index contributed by atoms with van der Waals surface area (Å²) in [4.78, 5) is -0.921. The fraction of sp³-hybridized carbons (Fsp3) is 0.231. The maximum absolute atomic E-state index is 13.0. The number of rotatable bonds is 4.